The molecule has 61 heavy (non-hydrogen) atoms. The molecular weight excluding hydrogens is 773 g/mol. The van der Waals surface area contributed by atoms with Crippen molar-refractivity contribution < 1.29 is 23.7 Å². The van der Waals surface area contributed by atoms with Gasteiger partial charge in [-0.15, -0.1) is 0 Å². The number of amides is 2. The molecule has 15 nitrogen and oxygen atoms in total. The number of morpholine rings is 1. The summed E-state index contributed by atoms with van der Waals surface area (Å²) < 4.78 is 27.5. The van der Waals surface area contributed by atoms with Crippen LogP contribution in [0.4, 0.5) is 27.9 Å². The monoisotopic (exact) mass is 822 g/mol. The Labute approximate surface area is 354 Å². The van der Waals surface area contributed by atoms with E-state index in [1.165, 1.54) is 0 Å². The van der Waals surface area contributed by atoms with Crippen molar-refractivity contribution in [2.24, 2.45) is 0 Å². The van der Waals surface area contributed by atoms with Crippen molar-refractivity contribution in [3.63, 3.8) is 0 Å². The van der Waals surface area contributed by atoms with Gasteiger partial charge in [0.1, 0.15) is 23.9 Å². The van der Waals surface area contributed by atoms with Crippen molar-refractivity contribution in [1.29, 1.82) is 0 Å². The summed E-state index contributed by atoms with van der Waals surface area (Å²) in [6.07, 6.45) is 6.64. The summed E-state index contributed by atoms with van der Waals surface area (Å²) in [6, 6.07) is 28.4. The van der Waals surface area contributed by atoms with Gasteiger partial charge in [-0.05, 0) is 73.9 Å². The number of nitrogens with one attached hydrogen (secondary N) is 3. The minimum atomic E-state index is -0.414. The van der Waals surface area contributed by atoms with Gasteiger partial charge in [-0.25, -0.2) is 19.1 Å². The largest absolute Gasteiger partial charge is 0.492 e. The van der Waals surface area contributed by atoms with Crippen molar-refractivity contribution >= 4 is 50.8 Å². The quantitative estimate of drug-likeness (QED) is 0.108. The lowest BCUT2D eigenvalue weighted by Crippen LogP contribution is -2.38. The van der Waals surface area contributed by atoms with Gasteiger partial charge < -0.3 is 29.6 Å². The Balaban J connectivity index is 0.875. The normalized spacial score (nSPS) is 16.1. The van der Waals surface area contributed by atoms with E-state index in [1.807, 2.05) is 95.8 Å². The van der Waals surface area contributed by atoms with Crippen molar-refractivity contribution in [3.05, 3.63) is 109 Å². The molecule has 314 valence electrons. The standard InChI is InChI=1S/C46H50N10O5/c1-46(2,3)40-29-41(55(53-40)33-12-14-34(15-13-33)59-27-23-54-21-25-58-26-22-54)51-45(57)50-37-16-18-39(36-9-5-4-8-35(36)37)61-42-19-20-47-44(52-42)49-32-11-17-38-31(28-32)30-48-56(38)43-10-6-7-24-60-43/h4-5,8-9,11-20,28-30,43H,6-7,10,21-27H2,1-3H3,(H,47,49,52)(H2,50,51,57). The summed E-state index contributed by atoms with van der Waals surface area (Å²) in [5.74, 6) is 2.62. The predicted octanol–water partition coefficient (Wildman–Crippen LogP) is 9.05. The highest BCUT2D eigenvalue weighted by atomic mass is 16.5. The Morgan fingerprint density at radius 1 is 0.902 bits per heavy atom. The van der Waals surface area contributed by atoms with Crippen molar-refractivity contribution in [3.8, 4) is 23.1 Å². The molecule has 5 heterocycles. The summed E-state index contributed by atoms with van der Waals surface area (Å²) >= 11 is 0. The molecule has 0 saturated carbocycles. The molecule has 2 saturated heterocycles. The van der Waals surface area contributed by atoms with E-state index in [9.17, 15) is 4.79 Å². The third-order valence-electron chi connectivity index (χ3n) is 10.8. The van der Waals surface area contributed by atoms with Crippen LogP contribution < -0.4 is 25.4 Å². The molecule has 4 aromatic carbocycles. The molecule has 1 unspecified atom stereocenters. The second-order valence-corrected chi connectivity index (χ2v) is 16.2. The Hall–Kier alpha value is -6.55. The first-order chi connectivity index (χ1) is 29.7. The van der Waals surface area contributed by atoms with Crippen LogP contribution in [0.15, 0.2) is 103 Å². The lowest BCUT2D eigenvalue weighted by Gasteiger charge is -2.26. The van der Waals surface area contributed by atoms with Crippen molar-refractivity contribution in [1.82, 2.24) is 34.4 Å². The Kier molecular flexibility index (Phi) is 11.5. The van der Waals surface area contributed by atoms with Crippen LogP contribution in [-0.2, 0) is 14.9 Å². The summed E-state index contributed by atoms with van der Waals surface area (Å²) in [4.78, 5) is 25.1. The minimum Gasteiger partial charge on any atom is -0.492 e. The van der Waals surface area contributed by atoms with E-state index in [0.29, 0.717) is 35.7 Å². The van der Waals surface area contributed by atoms with E-state index in [4.69, 9.17) is 24.0 Å². The first kappa shape index (κ1) is 39.9. The molecule has 15 heteroatoms. The van der Waals surface area contributed by atoms with Gasteiger partial charge in [-0.1, -0.05) is 45.0 Å². The number of nitrogens with zero attached hydrogens (tertiary/aromatic N) is 7. The Bertz CT molecular complexity index is 2620. The average Bonchev–Trinajstić information content (AvgIpc) is 3.90. The maximum Gasteiger partial charge on any atom is 0.324 e. The molecule has 0 aliphatic carbocycles. The van der Waals surface area contributed by atoms with Gasteiger partial charge in [0.25, 0.3) is 0 Å². The Morgan fingerprint density at radius 2 is 1.74 bits per heavy atom. The molecule has 0 radical (unpaired) electrons. The van der Waals surface area contributed by atoms with Crippen LogP contribution in [-0.4, -0.2) is 86.5 Å². The highest BCUT2D eigenvalue weighted by molar-refractivity contribution is 6.07. The molecule has 0 bridgehead atoms. The topological polar surface area (TPSA) is 155 Å². The van der Waals surface area contributed by atoms with Gasteiger partial charge in [-0.2, -0.15) is 15.2 Å². The fourth-order valence-corrected chi connectivity index (χ4v) is 7.55. The van der Waals surface area contributed by atoms with Crippen LogP contribution in [0.2, 0.25) is 0 Å². The van der Waals surface area contributed by atoms with Crippen molar-refractivity contribution in [2.45, 2.75) is 51.7 Å². The molecule has 3 aromatic heterocycles. The average molecular weight is 823 g/mol. The first-order valence-electron chi connectivity index (χ1n) is 20.8. The van der Waals surface area contributed by atoms with Gasteiger partial charge in [0.05, 0.1) is 42.0 Å². The summed E-state index contributed by atoms with van der Waals surface area (Å²) in [6.45, 7) is 11.8. The first-order valence-corrected chi connectivity index (χ1v) is 20.8. The molecule has 7 aromatic rings. The van der Waals surface area contributed by atoms with Gasteiger partial charge in [0.15, 0.2) is 6.23 Å². The Morgan fingerprint density at radius 3 is 2.54 bits per heavy atom. The molecule has 0 spiro atoms. The fourth-order valence-electron chi connectivity index (χ4n) is 7.55. The van der Waals surface area contributed by atoms with Crippen molar-refractivity contribution in [2.75, 3.05) is 62.0 Å². The number of rotatable bonds is 12. The minimum absolute atomic E-state index is 0.0371. The molecule has 3 N–H and O–H groups in total. The summed E-state index contributed by atoms with van der Waals surface area (Å²) in [7, 11) is 0. The third-order valence-corrected chi connectivity index (χ3v) is 10.8. The molecule has 2 fully saturated rings. The number of fused-ring (bicyclic) bond motifs is 2. The van der Waals surface area contributed by atoms with E-state index >= 15 is 0 Å². The highest BCUT2D eigenvalue weighted by Crippen LogP contribution is 2.35. The summed E-state index contributed by atoms with van der Waals surface area (Å²) in [5, 5.41) is 21.5. The number of hydrogen-bond donors (Lipinski definition) is 3. The van der Waals surface area contributed by atoms with Gasteiger partial charge in [-0.3, -0.25) is 10.2 Å². The number of ether oxygens (including phenoxy) is 4. The zero-order valence-corrected chi connectivity index (χ0v) is 34.6. The van der Waals surface area contributed by atoms with E-state index in [2.05, 4.69) is 56.7 Å². The number of benzene rings is 4. The van der Waals surface area contributed by atoms with E-state index in [-0.39, 0.29) is 11.6 Å². The molecule has 2 amide bonds. The fraction of sp³-hybridized carbons (Fsp3) is 0.326. The third kappa shape index (κ3) is 9.28. The van der Waals surface area contributed by atoms with Gasteiger partial charge >= 0.3 is 6.03 Å². The van der Waals surface area contributed by atoms with Crippen LogP contribution >= 0.6 is 0 Å². The predicted molar refractivity (Wildman–Crippen MR) is 236 cm³/mol. The second kappa shape index (κ2) is 17.6. The maximum absolute atomic E-state index is 13.7. The van der Waals surface area contributed by atoms with E-state index in [0.717, 1.165) is 103 Å². The zero-order valence-electron chi connectivity index (χ0n) is 34.6. The number of urea groups is 1. The number of hydrogen-bond acceptors (Lipinski definition) is 11. The van der Waals surface area contributed by atoms with Crippen LogP contribution in [0.1, 0.15) is 52.0 Å². The highest BCUT2D eigenvalue weighted by Gasteiger charge is 2.23. The molecule has 2 aliphatic rings. The SMILES string of the molecule is CC(C)(C)c1cc(NC(=O)Nc2ccc(Oc3ccnc(Nc4ccc5c(cnn5C5CCCCO5)c4)n3)c3ccccc23)n(-c2ccc(OCCN3CCOCC3)cc2)n1. The van der Waals surface area contributed by atoms with Gasteiger partial charge in [0.2, 0.25) is 11.8 Å². The number of carbonyl (C=O) groups is 1. The van der Waals surface area contributed by atoms with Crippen LogP contribution in [0.25, 0.3) is 27.4 Å². The van der Waals surface area contributed by atoms with E-state index in [1.54, 1.807) is 16.9 Å². The van der Waals surface area contributed by atoms with Crippen LogP contribution in [0.5, 0.6) is 17.4 Å². The maximum atomic E-state index is 13.7. The molecule has 2 aliphatic heterocycles. The van der Waals surface area contributed by atoms with E-state index < -0.39 is 6.03 Å². The lowest BCUT2D eigenvalue weighted by molar-refractivity contribution is -0.0366. The molecule has 1 atom stereocenters. The number of aromatic nitrogens is 6. The number of carbonyl (C=O) groups excluding carboxylic acids is 1. The zero-order chi connectivity index (χ0) is 41.8. The smallest absolute Gasteiger partial charge is 0.324 e. The van der Waals surface area contributed by atoms with Gasteiger partial charge in [0, 0.05) is 71.8 Å². The second-order valence-electron chi connectivity index (χ2n) is 16.2. The van der Waals surface area contributed by atoms with Crippen LogP contribution in [0, 0.1) is 0 Å². The molecular formula is C46H50N10O5. The molecule has 9 rings (SSSR count). The summed E-state index contributed by atoms with van der Waals surface area (Å²) in [5.41, 5.74) is 3.82. The van der Waals surface area contributed by atoms with Crippen LogP contribution in [0.3, 0.4) is 0 Å². The number of anilines is 4. The lowest BCUT2D eigenvalue weighted by atomic mass is 9.92.